The predicted octanol–water partition coefficient (Wildman–Crippen LogP) is 2.31. The molecule has 2 rings (SSSR count). The van der Waals surface area contributed by atoms with Crippen molar-refractivity contribution in [3.8, 4) is 0 Å². The molecule has 1 aliphatic carbocycles. The molecule has 1 saturated heterocycles. The van der Waals surface area contributed by atoms with Crippen LogP contribution in [0.15, 0.2) is 0 Å². The first kappa shape index (κ1) is 12.9. The highest BCUT2D eigenvalue weighted by atomic mass is 16.5. The fraction of sp³-hybridized carbons (Fsp3) is 0.929. The first-order chi connectivity index (χ1) is 7.72. The minimum Gasteiger partial charge on any atom is -0.375 e. The second kappa shape index (κ2) is 3.98. The summed E-state index contributed by atoms with van der Waals surface area (Å²) in [6.07, 6.45) is 0.525. The average Bonchev–Trinajstić information content (AvgIpc) is 2.61. The predicted molar refractivity (Wildman–Crippen MR) is 67.7 cm³/mol. The van der Waals surface area contributed by atoms with Crippen molar-refractivity contribution >= 4 is 5.91 Å². The monoisotopic (exact) mass is 239 g/mol. The standard InChI is InChI=1S/C14H25NO2/c1-13(2,3)17-7-6-12(16)15-8-10-11(9-15)14(10,4)5/h10-11H,6-9H2,1-5H3/t10-,11+. The second-order valence-corrected chi connectivity index (χ2v) is 7.04. The van der Waals surface area contributed by atoms with E-state index in [1.165, 1.54) is 0 Å². The lowest BCUT2D eigenvalue weighted by Gasteiger charge is -2.24. The number of nitrogens with zero attached hydrogens (tertiary/aromatic N) is 1. The molecule has 3 nitrogen and oxygen atoms in total. The van der Waals surface area contributed by atoms with Gasteiger partial charge in [-0.3, -0.25) is 4.79 Å². The first-order valence-corrected chi connectivity index (χ1v) is 6.63. The molecule has 1 heterocycles. The van der Waals surface area contributed by atoms with Gasteiger partial charge in [0, 0.05) is 13.1 Å². The number of amides is 1. The molecule has 3 heteroatoms. The van der Waals surface area contributed by atoms with E-state index in [0.717, 1.165) is 24.9 Å². The van der Waals surface area contributed by atoms with E-state index in [0.29, 0.717) is 18.4 Å². The van der Waals surface area contributed by atoms with E-state index in [4.69, 9.17) is 4.74 Å². The fourth-order valence-electron chi connectivity index (χ4n) is 2.94. The van der Waals surface area contributed by atoms with Gasteiger partial charge in [0.15, 0.2) is 0 Å². The molecule has 0 radical (unpaired) electrons. The highest BCUT2D eigenvalue weighted by molar-refractivity contribution is 5.77. The zero-order valence-corrected chi connectivity index (χ0v) is 11.7. The Kier molecular flexibility index (Phi) is 3.01. The zero-order valence-electron chi connectivity index (χ0n) is 11.7. The smallest absolute Gasteiger partial charge is 0.224 e. The zero-order chi connectivity index (χ0) is 12.8. The summed E-state index contributed by atoms with van der Waals surface area (Å²) < 4.78 is 5.59. The van der Waals surface area contributed by atoms with E-state index in [1.807, 2.05) is 25.7 Å². The van der Waals surface area contributed by atoms with E-state index in [2.05, 4.69) is 13.8 Å². The van der Waals surface area contributed by atoms with Crippen molar-refractivity contribution in [3.05, 3.63) is 0 Å². The first-order valence-electron chi connectivity index (χ1n) is 6.63. The average molecular weight is 239 g/mol. The van der Waals surface area contributed by atoms with Gasteiger partial charge in [0.1, 0.15) is 0 Å². The maximum absolute atomic E-state index is 12.0. The highest BCUT2D eigenvalue weighted by Crippen LogP contribution is 2.61. The minimum absolute atomic E-state index is 0.143. The van der Waals surface area contributed by atoms with Gasteiger partial charge in [0.25, 0.3) is 0 Å². The molecular formula is C14H25NO2. The molecular weight excluding hydrogens is 214 g/mol. The molecule has 1 aliphatic heterocycles. The van der Waals surface area contributed by atoms with Crippen molar-refractivity contribution in [1.82, 2.24) is 4.90 Å². The second-order valence-electron chi connectivity index (χ2n) is 7.04. The van der Waals surface area contributed by atoms with Crippen LogP contribution in [0.1, 0.15) is 41.0 Å². The number of hydrogen-bond donors (Lipinski definition) is 0. The van der Waals surface area contributed by atoms with Crippen molar-refractivity contribution in [3.63, 3.8) is 0 Å². The Labute approximate surface area is 105 Å². The van der Waals surface area contributed by atoms with Crippen molar-refractivity contribution in [1.29, 1.82) is 0 Å². The van der Waals surface area contributed by atoms with E-state index >= 15 is 0 Å². The summed E-state index contributed by atoms with van der Waals surface area (Å²) in [7, 11) is 0. The summed E-state index contributed by atoms with van der Waals surface area (Å²) in [6, 6.07) is 0. The van der Waals surface area contributed by atoms with Gasteiger partial charge in [-0.2, -0.15) is 0 Å². The molecule has 0 aromatic carbocycles. The summed E-state index contributed by atoms with van der Waals surface area (Å²) in [5, 5.41) is 0. The van der Waals surface area contributed by atoms with Crippen LogP contribution < -0.4 is 0 Å². The van der Waals surface area contributed by atoms with Crippen LogP contribution in [0.4, 0.5) is 0 Å². The number of carbonyl (C=O) groups excluding carboxylic acids is 1. The van der Waals surface area contributed by atoms with Gasteiger partial charge in [-0.1, -0.05) is 13.8 Å². The van der Waals surface area contributed by atoms with Gasteiger partial charge in [-0.25, -0.2) is 0 Å². The van der Waals surface area contributed by atoms with E-state index in [-0.39, 0.29) is 11.5 Å². The number of hydrogen-bond acceptors (Lipinski definition) is 2. The molecule has 0 aromatic heterocycles. The van der Waals surface area contributed by atoms with Crippen LogP contribution in [-0.2, 0) is 9.53 Å². The van der Waals surface area contributed by atoms with E-state index < -0.39 is 0 Å². The van der Waals surface area contributed by atoms with Crippen LogP contribution in [0, 0.1) is 17.3 Å². The van der Waals surface area contributed by atoms with Gasteiger partial charge >= 0.3 is 0 Å². The Morgan fingerprint density at radius 2 is 1.82 bits per heavy atom. The molecule has 0 spiro atoms. The highest BCUT2D eigenvalue weighted by Gasteiger charge is 2.62. The largest absolute Gasteiger partial charge is 0.375 e. The summed E-state index contributed by atoms with van der Waals surface area (Å²) in [4.78, 5) is 14.0. The normalized spacial score (nSPS) is 30.3. The molecule has 0 aromatic rings. The van der Waals surface area contributed by atoms with E-state index in [1.54, 1.807) is 0 Å². The fourth-order valence-corrected chi connectivity index (χ4v) is 2.94. The Morgan fingerprint density at radius 1 is 1.29 bits per heavy atom. The molecule has 0 N–H and O–H groups in total. The summed E-state index contributed by atoms with van der Waals surface area (Å²) >= 11 is 0. The van der Waals surface area contributed by atoms with Crippen LogP contribution >= 0.6 is 0 Å². The SMILES string of the molecule is CC(C)(C)OCCC(=O)N1C[C@@H]2[C@H](C1)C2(C)C. The number of piperidine rings is 1. The lowest BCUT2D eigenvalue weighted by Crippen LogP contribution is -2.34. The molecule has 0 bridgehead atoms. The van der Waals surface area contributed by atoms with Gasteiger partial charge in [-0.05, 0) is 38.0 Å². The molecule has 0 unspecified atom stereocenters. The molecule has 1 saturated carbocycles. The summed E-state index contributed by atoms with van der Waals surface area (Å²) in [6.45, 7) is 13.1. The molecule has 2 fully saturated rings. The summed E-state index contributed by atoms with van der Waals surface area (Å²) in [5.74, 6) is 1.75. The number of rotatable bonds is 3. The van der Waals surface area contributed by atoms with Gasteiger partial charge in [0.05, 0.1) is 18.6 Å². The topological polar surface area (TPSA) is 29.5 Å². The van der Waals surface area contributed by atoms with Crippen LogP contribution in [0.5, 0.6) is 0 Å². The minimum atomic E-state index is -0.143. The van der Waals surface area contributed by atoms with Gasteiger partial charge in [-0.15, -0.1) is 0 Å². The van der Waals surface area contributed by atoms with E-state index in [9.17, 15) is 4.79 Å². The Morgan fingerprint density at radius 3 is 2.29 bits per heavy atom. The van der Waals surface area contributed by atoms with Crippen LogP contribution in [0.25, 0.3) is 0 Å². The summed E-state index contributed by atoms with van der Waals surface area (Å²) in [5.41, 5.74) is 0.341. The number of fused-ring (bicyclic) bond motifs is 1. The maximum Gasteiger partial charge on any atom is 0.224 e. The van der Waals surface area contributed by atoms with Crippen LogP contribution in [0.3, 0.4) is 0 Å². The Hall–Kier alpha value is -0.570. The molecule has 98 valence electrons. The van der Waals surface area contributed by atoms with Crippen molar-refractivity contribution in [2.75, 3.05) is 19.7 Å². The molecule has 17 heavy (non-hydrogen) atoms. The maximum atomic E-state index is 12.0. The van der Waals surface area contributed by atoms with Crippen molar-refractivity contribution < 1.29 is 9.53 Å². The lowest BCUT2D eigenvalue weighted by atomic mass is 10.1. The number of carbonyl (C=O) groups is 1. The third kappa shape index (κ3) is 2.65. The van der Waals surface area contributed by atoms with Crippen LogP contribution in [0.2, 0.25) is 0 Å². The third-order valence-electron chi connectivity index (χ3n) is 4.33. The quantitative estimate of drug-likeness (QED) is 0.756. The van der Waals surface area contributed by atoms with Gasteiger partial charge < -0.3 is 9.64 Å². The van der Waals surface area contributed by atoms with Crippen molar-refractivity contribution in [2.24, 2.45) is 17.3 Å². The molecule has 2 aliphatic rings. The Bertz CT molecular complexity index is 303. The van der Waals surface area contributed by atoms with Crippen molar-refractivity contribution in [2.45, 2.75) is 46.6 Å². The van der Waals surface area contributed by atoms with Crippen LogP contribution in [-0.4, -0.2) is 36.1 Å². The lowest BCUT2D eigenvalue weighted by molar-refractivity contribution is -0.133. The number of likely N-dealkylation sites (tertiary alicyclic amines) is 1. The third-order valence-corrected chi connectivity index (χ3v) is 4.33. The molecule has 1 amide bonds. The van der Waals surface area contributed by atoms with Gasteiger partial charge in [0.2, 0.25) is 5.91 Å². The molecule has 2 atom stereocenters. The Balaban J connectivity index is 1.70. The number of ether oxygens (including phenoxy) is 1.